The molecule has 0 bridgehead atoms. The van der Waals surface area contributed by atoms with E-state index >= 15 is 0 Å². The number of carbonyl (C=O) groups is 2. The number of benzene rings is 2. The van der Waals surface area contributed by atoms with Crippen LogP contribution < -0.4 is 5.32 Å². The highest BCUT2D eigenvalue weighted by Crippen LogP contribution is 2.39. The van der Waals surface area contributed by atoms with Gasteiger partial charge in [0.25, 0.3) is 5.91 Å². The summed E-state index contributed by atoms with van der Waals surface area (Å²) < 4.78 is 0. The monoisotopic (exact) mass is 555 g/mol. The largest absolute Gasteiger partial charge is 0.507 e. The van der Waals surface area contributed by atoms with Crippen molar-refractivity contribution in [2.75, 3.05) is 40.3 Å². The fourth-order valence-corrected chi connectivity index (χ4v) is 5.59. The first-order valence-electron chi connectivity index (χ1n) is 14.7. The van der Waals surface area contributed by atoms with Gasteiger partial charge in [0.2, 0.25) is 5.91 Å². The van der Waals surface area contributed by atoms with Gasteiger partial charge in [-0.2, -0.15) is 5.10 Å². The van der Waals surface area contributed by atoms with E-state index in [1.165, 1.54) is 24.5 Å². The lowest BCUT2D eigenvalue weighted by molar-refractivity contribution is -0.127. The van der Waals surface area contributed by atoms with Gasteiger partial charge in [0.1, 0.15) is 5.75 Å². The average Bonchev–Trinajstić information content (AvgIpc) is 3.73. The maximum Gasteiger partial charge on any atom is 0.255 e. The van der Waals surface area contributed by atoms with Crippen LogP contribution in [0.2, 0.25) is 0 Å². The van der Waals surface area contributed by atoms with E-state index in [-0.39, 0.29) is 29.0 Å². The normalized spacial score (nSPS) is 16.8. The number of aromatic amines is 1. The van der Waals surface area contributed by atoms with Gasteiger partial charge in [-0.1, -0.05) is 42.5 Å². The topological polar surface area (TPSA) is 102 Å². The van der Waals surface area contributed by atoms with E-state index in [4.69, 9.17) is 0 Å². The number of aromatic hydroxyl groups is 1. The van der Waals surface area contributed by atoms with E-state index in [1.54, 1.807) is 24.3 Å². The van der Waals surface area contributed by atoms with Crippen LogP contribution >= 0.6 is 0 Å². The number of H-pyrrole nitrogens is 1. The van der Waals surface area contributed by atoms with Crippen LogP contribution in [-0.2, 0) is 11.2 Å². The summed E-state index contributed by atoms with van der Waals surface area (Å²) >= 11 is 0. The lowest BCUT2D eigenvalue weighted by atomic mass is 9.85. The van der Waals surface area contributed by atoms with Gasteiger partial charge >= 0.3 is 0 Å². The van der Waals surface area contributed by atoms with Gasteiger partial charge in [0, 0.05) is 49.8 Å². The molecule has 1 saturated heterocycles. The van der Waals surface area contributed by atoms with Gasteiger partial charge in [0.15, 0.2) is 0 Å². The predicted molar refractivity (Wildman–Crippen MR) is 160 cm³/mol. The van der Waals surface area contributed by atoms with Crippen LogP contribution in [0.3, 0.4) is 0 Å². The summed E-state index contributed by atoms with van der Waals surface area (Å²) in [6, 6.07) is 17.5. The molecule has 2 amide bonds. The third kappa shape index (κ3) is 7.64. The predicted octanol–water partition coefficient (Wildman–Crippen LogP) is 4.57. The summed E-state index contributed by atoms with van der Waals surface area (Å²) in [7, 11) is 3.98. The number of phenolic OH excluding ortho intramolecular Hbond substituents is 1. The molecule has 5 rings (SSSR count). The second-order valence-corrected chi connectivity index (χ2v) is 11.7. The van der Waals surface area contributed by atoms with Crippen LogP contribution in [0.5, 0.6) is 5.75 Å². The second-order valence-electron chi connectivity index (χ2n) is 11.7. The van der Waals surface area contributed by atoms with E-state index < -0.39 is 0 Å². The minimum atomic E-state index is -0.288. The summed E-state index contributed by atoms with van der Waals surface area (Å²) in [4.78, 5) is 29.5. The molecule has 1 unspecified atom stereocenters. The van der Waals surface area contributed by atoms with Crippen molar-refractivity contribution in [1.29, 1.82) is 0 Å². The highest BCUT2D eigenvalue weighted by atomic mass is 16.3. The molecule has 2 heterocycles. The Kier molecular flexibility index (Phi) is 9.19. The van der Waals surface area contributed by atoms with Crippen molar-refractivity contribution in [3.8, 4) is 5.75 Å². The van der Waals surface area contributed by atoms with E-state index in [0.29, 0.717) is 18.4 Å². The van der Waals surface area contributed by atoms with E-state index in [0.717, 1.165) is 55.8 Å². The van der Waals surface area contributed by atoms with Crippen molar-refractivity contribution in [1.82, 2.24) is 25.3 Å². The molecular weight excluding hydrogens is 514 g/mol. The number of rotatable bonds is 11. The highest BCUT2D eigenvalue weighted by Gasteiger charge is 2.27. The van der Waals surface area contributed by atoms with Crippen LogP contribution in [0.4, 0.5) is 0 Å². The van der Waals surface area contributed by atoms with E-state index in [1.807, 2.05) is 30.0 Å². The number of likely N-dealkylation sites (tertiary alicyclic amines) is 1. The van der Waals surface area contributed by atoms with E-state index in [2.05, 4.69) is 45.8 Å². The number of phenols is 1. The lowest BCUT2D eigenvalue weighted by Crippen LogP contribution is -2.37. The molecular formula is C33H41N5O3. The van der Waals surface area contributed by atoms with Crippen molar-refractivity contribution >= 4 is 11.8 Å². The quantitative estimate of drug-likeness (QED) is 0.301. The first kappa shape index (κ1) is 28.6. The number of nitrogens with one attached hydrogen (secondary N) is 2. The van der Waals surface area contributed by atoms with Crippen LogP contribution in [0, 0.1) is 0 Å². The zero-order chi connectivity index (χ0) is 28.8. The molecule has 2 fully saturated rings. The van der Waals surface area contributed by atoms with Crippen molar-refractivity contribution in [2.24, 2.45) is 0 Å². The first-order valence-corrected chi connectivity index (χ1v) is 14.7. The maximum atomic E-state index is 12.9. The minimum absolute atomic E-state index is 0.0239. The second kappa shape index (κ2) is 13.2. The Morgan fingerprint density at radius 1 is 1.07 bits per heavy atom. The molecule has 1 aliphatic heterocycles. The number of piperidine rings is 1. The Morgan fingerprint density at radius 2 is 1.85 bits per heavy atom. The molecule has 3 N–H and O–H groups in total. The number of aromatic nitrogens is 2. The molecule has 2 aromatic carbocycles. The zero-order valence-electron chi connectivity index (χ0n) is 24.1. The van der Waals surface area contributed by atoms with Gasteiger partial charge < -0.3 is 20.2 Å². The van der Waals surface area contributed by atoms with Crippen molar-refractivity contribution < 1.29 is 14.7 Å². The maximum absolute atomic E-state index is 12.9. The van der Waals surface area contributed by atoms with Gasteiger partial charge in [-0.05, 0) is 81.4 Å². The van der Waals surface area contributed by atoms with Crippen molar-refractivity contribution in [3.05, 3.63) is 94.8 Å². The standard InChI is InChI=1S/C33H41N5O3/c1-37(2)16-6-11-32(40)38-17-14-23(15-18-38)25-7-5-8-26(19-25)27(20-28-21-30(36-35-28)24-12-13-24)22-34-33(41)29-9-3-4-10-31(29)39/h3-11,19,21,23-24,27,39H,12-18,20,22H2,1-2H3,(H,34,41)(H,35,36)/b11-6+. The average molecular weight is 556 g/mol. The molecule has 8 nitrogen and oxygen atoms in total. The summed E-state index contributed by atoms with van der Waals surface area (Å²) in [6.07, 6.45) is 8.58. The Hall–Kier alpha value is -3.91. The van der Waals surface area contributed by atoms with Crippen molar-refractivity contribution in [3.63, 3.8) is 0 Å². The molecule has 1 aromatic heterocycles. The zero-order valence-corrected chi connectivity index (χ0v) is 24.1. The molecule has 0 radical (unpaired) electrons. The van der Waals surface area contributed by atoms with Crippen LogP contribution in [0.1, 0.15) is 76.3 Å². The molecule has 1 saturated carbocycles. The Balaban J connectivity index is 1.27. The Labute approximate surface area is 242 Å². The fourth-order valence-electron chi connectivity index (χ4n) is 5.59. The van der Waals surface area contributed by atoms with Crippen molar-refractivity contribution in [2.45, 2.75) is 49.9 Å². The molecule has 1 atom stereocenters. The van der Waals surface area contributed by atoms with Gasteiger partial charge in [-0.3, -0.25) is 14.7 Å². The number of likely N-dealkylation sites (N-methyl/N-ethyl adjacent to an activating group) is 1. The summed E-state index contributed by atoms with van der Waals surface area (Å²) in [5.41, 5.74) is 4.90. The summed E-state index contributed by atoms with van der Waals surface area (Å²) in [5, 5.41) is 21.0. The van der Waals surface area contributed by atoms with Gasteiger partial charge in [0.05, 0.1) is 11.3 Å². The third-order valence-electron chi connectivity index (χ3n) is 8.16. The minimum Gasteiger partial charge on any atom is -0.507 e. The number of para-hydroxylation sites is 1. The molecule has 0 spiro atoms. The van der Waals surface area contributed by atoms with Crippen LogP contribution in [-0.4, -0.2) is 77.2 Å². The summed E-state index contributed by atoms with van der Waals surface area (Å²) in [5.74, 6) is 0.761. The number of amides is 2. The van der Waals surface area contributed by atoms with Gasteiger partial charge in [-0.25, -0.2) is 0 Å². The molecule has 1 aliphatic carbocycles. The number of nitrogens with zero attached hydrogens (tertiary/aromatic N) is 3. The molecule has 216 valence electrons. The highest BCUT2D eigenvalue weighted by molar-refractivity contribution is 5.96. The molecule has 2 aliphatic rings. The van der Waals surface area contributed by atoms with Crippen LogP contribution in [0.15, 0.2) is 66.7 Å². The van der Waals surface area contributed by atoms with E-state index in [9.17, 15) is 14.7 Å². The smallest absolute Gasteiger partial charge is 0.255 e. The number of carbonyl (C=O) groups excluding carboxylic acids is 2. The third-order valence-corrected chi connectivity index (χ3v) is 8.16. The van der Waals surface area contributed by atoms with Crippen LogP contribution in [0.25, 0.3) is 0 Å². The fraction of sp³-hybridized carbons (Fsp3) is 0.424. The SMILES string of the molecule is CN(C)C/C=C/C(=O)N1CCC(c2cccc(C(CNC(=O)c3ccccc3O)Cc3cc(C4CC4)n[nH]3)c2)CC1. The summed E-state index contributed by atoms with van der Waals surface area (Å²) in [6.45, 7) is 2.68. The number of hydrogen-bond donors (Lipinski definition) is 3. The molecule has 3 aromatic rings. The Morgan fingerprint density at radius 3 is 2.59 bits per heavy atom. The molecule has 41 heavy (non-hydrogen) atoms. The lowest BCUT2D eigenvalue weighted by Gasteiger charge is -2.32. The van der Waals surface area contributed by atoms with Gasteiger partial charge in [-0.15, -0.1) is 0 Å². The number of hydrogen-bond acceptors (Lipinski definition) is 5. The Bertz CT molecular complexity index is 1370. The molecule has 8 heteroatoms. The first-order chi connectivity index (χ1) is 19.9.